The average Bonchev–Trinajstić information content (AvgIpc) is 2.82. The number of hydrogen-bond donors (Lipinski definition) is 3. The third-order valence-corrected chi connectivity index (χ3v) is 2.89. The molecule has 2 aromatic rings. The van der Waals surface area contributed by atoms with Crippen molar-refractivity contribution in [3.8, 4) is 0 Å². The van der Waals surface area contributed by atoms with Crippen molar-refractivity contribution < 1.29 is 9.59 Å². The number of nitrogens with one attached hydrogen (secondary N) is 3. The molecule has 0 radical (unpaired) electrons. The van der Waals surface area contributed by atoms with Crippen LogP contribution in [0, 0.1) is 6.92 Å². The van der Waals surface area contributed by atoms with E-state index >= 15 is 0 Å². The smallest absolute Gasteiger partial charge is 0.251 e. The van der Waals surface area contributed by atoms with Crippen molar-refractivity contribution in [2.24, 2.45) is 0 Å². The second-order valence-electron chi connectivity index (χ2n) is 3.98. The van der Waals surface area contributed by atoms with Crippen molar-refractivity contribution in [2.75, 3.05) is 11.9 Å². The number of aryl methyl sites for hydroxylation is 1. The molecule has 0 fully saturated rings. The van der Waals surface area contributed by atoms with Crippen molar-refractivity contribution >= 4 is 33.7 Å². The normalized spacial score (nSPS) is 10.1. The first-order valence-corrected chi connectivity index (χ1v) is 6.56. The highest BCUT2D eigenvalue weighted by atomic mass is 79.9. The molecule has 2 rings (SSSR count). The van der Waals surface area contributed by atoms with Gasteiger partial charge in [0.1, 0.15) is 5.82 Å². The Morgan fingerprint density at radius 1 is 1.30 bits per heavy atom. The molecule has 0 aliphatic heterocycles. The van der Waals surface area contributed by atoms with Gasteiger partial charge in [0.05, 0.1) is 6.54 Å². The zero-order chi connectivity index (χ0) is 14.5. The number of hydrogen-bond acceptors (Lipinski definition) is 4. The van der Waals surface area contributed by atoms with Crippen LogP contribution in [0.5, 0.6) is 0 Å². The standard InChI is InChI=1S/C12H12BrN5O2/c1-7-15-12(18-17-7)16-10(19)6-14-11(20)8-2-4-9(13)5-3-8/h2-5H,6H2,1H3,(H,14,20)(H2,15,16,17,18,19). The van der Waals surface area contributed by atoms with Crippen LogP contribution >= 0.6 is 15.9 Å². The molecule has 3 N–H and O–H groups in total. The van der Waals surface area contributed by atoms with Crippen LogP contribution in [-0.4, -0.2) is 33.5 Å². The van der Waals surface area contributed by atoms with Crippen LogP contribution in [0.15, 0.2) is 28.7 Å². The molecule has 20 heavy (non-hydrogen) atoms. The lowest BCUT2D eigenvalue weighted by Gasteiger charge is -2.04. The van der Waals surface area contributed by atoms with E-state index in [1.165, 1.54) is 0 Å². The van der Waals surface area contributed by atoms with Crippen LogP contribution in [0.25, 0.3) is 0 Å². The first-order chi connectivity index (χ1) is 9.54. The van der Waals surface area contributed by atoms with Crippen molar-refractivity contribution in [3.63, 3.8) is 0 Å². The molecule has 0 bridgehead atoms. The third kappa shape index (κ3) is 3.89. The van der Waals surface area contributed by atoms with E-state index in [0.717, 1.165) is 4.47 Å². The zero-order valence-electron chi connectivity index (χ0n) is 10.6. The summed E-state index contributed by atoms with van der Waals surface area (Å²) in [6.07, 6.45) is 0. The van der Waals surface area contributed by atoms with Gasteiger partial charge in [-0.3, -0.25) is 20.0 Å². The minimum atomic E-state index is -0.394. The largest absolute Gasteiger partial charge is 0.343 e. The monoisotopic (exact) mass is 337 g/mol. The van der Waals surface area contributed by atoms with Gasteiger partial charge in [-0.05, 0) is 31.2 Å². The molecule has 8 heteroatoms. The lowest BCUT2D eigenvalue weighted by molar-refractivity contribution is -0.115. The maximum atomic E-state index is 11.8. The van der Waals surface area contributed by atoms with Gasteiger partial charge in [0.25, 0.3) is 5.91 Å². The Hall–Kier alpha value is -2.22. The number of halogens is 1. The van der Waals surface area contributed by atoms with Gasteiger partial charge in [-0.1, -0.05) is 15.9 Å². The predicted molar refractivity (Wildman–Crippen MR) is 76.2 cm³/mol. The number of carbonyl (C=O) groups excluding carboxylic acids is 2. The molecular weight excluding hydrogens is 326 g/mol. The number of amides is 2. The Balaban J connectivity index is 1.84. The van der Waals surface area contributed by atoms with Gasteiger partial charge in [-0.15, -0.1) is 5.10 Å². The molecule has 0 saturated carbocycles. The fourth-order valence-electron chi connectivity index (χ4n) is 1.43. The van der Waals surface area contributed by atoms with Gasteiger partial charge < -0.3 is 5.32 Å². The Bertz CT molecular complexity index is 623. The second-order valence-corrected chi connectivity index (χ2v) is 4.90. The summed E-state index contributed by atoms with van der Waals surface area (Å²) in [5.74, 6) is 0.0675. The fraction of sp³-hybridized carbons (Fsp3) is 0.167. The van der Waals surface area contributed by atoms with Gasteiger partial charge in [-0.2, -0.15) is 4.98 Å². The van der Waals surface area contributed by atoms with E-state index in [-0.39, 0.29) is 18.4 Å². The highest BCUT2D eigenvalue weighted by Crippen LogP contribution is 2.10. The molecule has 1 aromatic carbocycles. The van der Waals surface area contributed by atoms with Crippen LogP contribution in [0.3, 0.4) is 0 Å². The van der Waals surface area contributed by atoms with Gasteiger partial charge in [0.2, 0.25) is 11.9 Å². The number of H-pyrrole nitrogens is 1. The van der Waals surface area contributed by atoms with E-state index in [1.807, 2.05) is 0 Å². The zero-order valence-corrected chi connectivity index (χ0v) is 12.2. The maximum absolute atomic E-state index is 11.8. The van der Waals surface area contributed by atoms with E-state index in [2.05, 4.69) is 41.7 Å². The minimum absolute atomic E-state index is 0.150. The van der Waals surface area contributed by atoms with Crippen LogP contribution in [0.1, 0.15) is 16.2 Å². The van der Waals surface area contributed by atoms with E-state index in [1.54, 1.807) is 31.2 Å². The molecule has 0 unspecified atom stereocenters. The lowest BCUT2D eigenvalue weighted by Crippen LogP contribution is -2.33. The molecule has 0 atom stereocenters. The van der Waals surface area contributed by atoms with E-state index in [4.69, 9.17) is 0 Å². The summed E-state index contributed by atoms with van der Waals surface area (Å²) < 4.78 is 0.881. The number of nitrogens with zero attached hydrogens (tertiary/aromatic N) is 2. The lowest BCUT2D eigenvalue weighted by atomic mass is 10.2. The van der Waals surface area contributed by atoms with E-state index in [9.17, 15) is 9.59 Å². The molecule has 0 saturated heterocycles. The summed E-state index contributed by atoms with van der Waals surface area (Å²) in [4.78, 5) is 27.3. The van der Waals surface area contributed by atoms with Gasteiger partial charge in [-0.25, -0.2) is 0 Å². The number of aromatic nitrogens is 3. The third-order valence-electron chi connectivity index (χ3n) is 2.36. The molecule has 0 aliphatic carbocycles. The van der Waals surface area contributed by atoms with Gasteiger partial charge in [0, 0.05) is 10.0 Å². The number of rotatable bonds is 4. The molecule has 1 aromatic heterocycles. The Labute approximate surface area is 123 Å². The van der Waals surface area contributed by atoms with Crippen molar-refractivity contribution in [1.29, 1.82) is 0 Å². The minimum Gasteiger partial charge on any atom is -0.343 e. The summed E-state index contributed by atoms with van der Waals surface area (Å²) in [7, 11) is 0. The van der Waals surface area contributed by atoms with Crippen molar-refractivity contribution in [2.45, 2.75) is 6.92 Å². The van der Waals surface area contributed by atoms with Gasteiger partial charge >= 0.3 is 0 Å². The summed E-state index contributed by atoms with van der Waals surface area (Å²) >= 11 is 3.28. The Kier molecular flexibility index (Phi) is 4.46. The number of carbonyl (C=O) groups is 2. The van der Waals surface area contributed by atoms with E-state index in [0.29, 0.717) is 11.4 Å². The maximum Gasteiger partial charge on any atom is 0.251 e. The molecule has 1 heterocycles. The topological polar surface area (TPSA) is 99.8 Å². The van der Waals surface area contributed by atoms with E-state index < -0.39 is 5.91 Å². The molecule has 7 nitrogen and oxygen atoms in total. The van der Waals surface area contributed by atoms with Crippen LogP contribution < -0.4 is 10.6 Å². The number of benzene rings is 1. The fourth-order valence-corrected chi connectivity index (χ4v) is 1.70. The first-order valence-electron chi connectivity index (χ1n) is 5.77. The Morgan fingerprint density at radius 3 is 2.60 bits per heavy atom. The molecule has 104 valence electrons. The van der Waals surface area contributed by atoms with Crippen LogP contribution in [0.2, 0.25) is 0 Å². The highest BCUT2D eigenvalue weighted by Gasteiger charge is 2.09. The number of anilines is 1. The molecule has 0 aliphatic rings. The Morgan fingerprint density at radius 2 is 2.00 bits per heavy atom. The SMILES string of the molecule is Cc1nc(NC(=O)CNC(=O)c2ccc(Br)cc2)n[nH]1. The number of aromatic amines is 1. The summed E-state index contributed by atoms with van der Waals surface area (Å²) in [6.45, 7) is 1.57. The van der Waals surface area contributed by atoms with Gasteiger partial charge in [0.15, 0.2) is 0 Å². The average molecular weight is 338 g/mol. The molecule has 0 spiro atoms. The highest BCUT2D eigenvalue weighted by molar-refractivity contribution is 9.10. The summed E-state index contributed by atoms with van der Waals surface area (Å²) in [5, 5.41) is 11.3. The quantitative estimate of drug-likeness (QED) is 0.781. The summed E-state index contributed by atoms with van der Waals surface area (Å²) in [5.41, 5.74) is 0.481. The van der Waals surface area contributed by atoms with Crippen molar-refractivity contribution in [3.05, 3.63) is 40.1 Å². The predicted octanol–water partition coefficient (Wildman–Crippen LogP) is 1.24. The van der Waals surface area contributed by atoms with Crippen LogP contribution in [0.4, 0.5) is 5.95 Å². The van der Waals surface area contributed by atoms with Crippen LogP contribution in [-0.2, 0) is 4.79 Å². The van der Waals surface area contributed by atoms with Crippen molar-refractivity contribution in [1.82, 2.24) is 20.5 Å². The summed E-state index contributed by atoms with van der Waals surface area (Å²) in [6, 6.07) is 6.84. The molecule has 2 amide bonds. The first kappa shape index (κ1) is 14.2. The second kappa shape index (κ2) is 6.29. The molecular formula is C12H12BrN5O2.